The van der Waals surface area contributed by atoms with E-state index in [1.165, 1.54) is 11.1 Å². The predicted octanol–water partition coefficient (Wildman–Crippen LogP) is 5.43. The van der Waals surface area contributed by atoms with Crippen molar-refractivity contribution in [1.82, 2.24) is 4.98 Å². The monoisotopic (exact) mass is 326 g/mol. The highest BCUT2D eigenvalue weighted by molar-refractivity contribution is 7.22. The van der Waals surface area contributed by atoms with Crippen molar-refractivity contribution in [3.63, 3.8) is 0 Å². The minimum Gasteiger partial charge on any atom is -0.494 e. The molecule has 3 aromatic rings. The van der Waals surface area contributed by atoms with Gasteiger partial charge < -0.3 is 10.1 Å². The Balaban J connectivity index is 1.69. The molecule has 120 valence electrons. The van der Waals surface area contributed by atoms with Crippen LogP contribution < -0.4 is 10.1 Å². The van der Waals surface area contributed by atoms with Gasteiger partial charge in [0.2, 0.25) is 0 Å². The zero-order valence-electron chi connectivity index (χ0n) is 13.8. The fraction of sp³-hybridized carbons (Fsp3) is 0.316. The second-order valence-electron chi connectivity index (χ2n) is 5.83. The van der Waals surface area contributed by atoms with Gasteiger partial charge >= 0.3 is 0 Å². The Labute approximate surface area is 141 Å². The van der Waals surface area contributed by atoms with E-state index in [1.807, 2.05) is 19.1 Å². The minimum absolute atomic E-state index is 0.570. The van der Waals surface area contributed by atoms with Gasteiger partial charge in [-0.25, -0.2) is 4.98 Å². The lowest BCUT2D eigenvalue weighted by molar-refractivity contribution is 0.341. The average molecular weight is 326 g/mol. The molecule has 0 saturated heterocycles. The Morgan fingerprint density at radius 1 is 1.13 bits per heavy atom. The zero-order valence-corrected chi connectivity index (χ0v) is 14.6. The van der Waals surface area contributed by atoms with E-state index < -0.39 is 0 Å². The van der Waals surface area contributed by atoms with Crippen LogP contribution in [0.15, 0.2) is 42.5 Å². The highest BCUT2D eigenvalue weighted by Crippen LogP contribution is 2.29. The Morgan fingerprint density at radius 2 is 1.91 bits per heavy atom. The molecule has 0 aliphatic rings. The maximum absolute atomic E-state index is 5.54. The lowest BCUT2D eigenvalue weighted by Crippen LogP contribution is -1.99. The molecule has 0 aliphatic heterocycles. The molecule has 0 saturated carbocycles. The van der Waals surface area contributed by atoms with Gasteiger partial charge in [0.1, 0.15) is 5.75 Å². The van der Waals surface area contributed by atoms with Crippen molar-refractivity contribution in [2.75, 3.05) is 11.9 Å². The molecule has 0 bridgehead atoms. The Kier molecular flexibility index (Phi) is 4.82. The molecule has 0 spiro atoms. The number of anilines is 1. The quantitative estimate of drug-likeness (QED) is 0.656. The third-order valence-electron chi connectivity index (χ3n) is 3.76. The summed E-state index contributed by atoms with van der Waals surface area (Å²) in [7, 11) is 0. The van der Waals surface area contributed by atoms with Crippen LogP contribution in [0.2, 0.25) is 0 Å². The molecule has 0 aliphatic carbocycles. The minimum atomic E-state index is 0.570. The van der Waals surface area contributed by atoms with Crippen molar-refractivity contribution in [2.45, 2.75) is 33.2 Å². The van der Waals surface area contributed by atoms with Gasteiger partial charge in [-0.3, -0.25) is 0 Å². The summed E-state index contributed by atoms with van der Waals surface area (Å²) in [6.45, 7) is 7.89. The molecule has 2 aromatic carbocycles. The molecule has 3 nitrogen and oxygen atoms in total. The smallest absolute Gasteiger partial charge is 0.184 e. The first-order chi connectivity index (χ1) is 11.2. The van der Waals surface area contributed by atoms with Crippen LogP contribution in [0.3, 0.4) is 0 Å². The van der Waals surface area contributed by atoms with Crippen LogP contribution in [0.1, 0.15) is 37.8 Å². The summed E-state index contributed by atoms with van der Waals surface area (Å²) in [5.74, 6) is 1.47. The molecule has 0 atom stereocenters. The van der Waals surface area contributed by atoms with Crippen molar-refractivity contribution in [3.05, 3.63) is 53.6 Å². The summed E-state index contributed by atoms with van der Waals surface area (Å²) in [4.78, 5) is 4.63. The third-order valence-corrected chi connectivity index (χ3v) is 4.74. The predicted molar refractivity (Wildman–Crippen MR) is 98.6 cm³/mol. The van der Waals surface area contributed by atoms with E-state index >= 15 is 0 Å². The molecular formula is C19H22N2OS. The first kappa shape index (κ1) is 15.8. The molecule has 0 amide bonds. The number of hydrogen-bond acceptors (Lipinski definition) is 4. The first-order valence-corrected chi connectivity index (χ1v) is 8.83. The SMILES string of the molecule is CCOc1ccc2nc(NCc3ccc(C(C)C)cc3)sc2c1. The second kappa shape index (κ2) is 7.01. The maximum atomic E-state index is 5.54. The van der Waals surface area contributed by atoms with Crippen LogP contribution in [0.4, 0.5) is 5.13 Å². The third kappa shape index (κ3) is 3.82. The Hall–Kier alpha value is -2.07. The fourth-order valence-corrected chi connectivity index (χ4v) is 3.33. The first-order valence-electron chi connectivity index (χ1n) is 8.02. The van der Waals surface area contributed by atoms with Crippen LogP contribution in [0.25, 0.3) is 10.2 Å². The second-order valence-corrected chi connectivity index (χ2v) is 6.86. The number of hydrogen-bond donors (Lipinski definition) is 1. The summed E-state index contributed by atoms with van der Waals surface area (Å²) in [6.07, 6.45) is 0. The number of rotatable bonds is 6. The van der Waals surface area contributed by atoms with Crippen LogP contribution in [-0.4, -0.2) is 11.6 Å². The number of aromatic nitrogens is 1. The summed E-state index contributed by atoms with van der Waals surface area (Å²) >= 11 is 1.66. The number of thiazole rings is 1. The van der Waals surface area contributed by atoms with Crippen molar-refractivity contribution >= 4 is 26.7 Å². The molecule has 0 unspecified atom stereocenters. The normalized spacial score (nSPS) is 11.1. The van der Waals surface area contributed by atoms with E-state index in [0.717, 1.165) is 27.6 Å². The van der Waals surface area contributed by atoms with Gasteiger partial charge in [0.05, 0.1) is 16.8 Å². The Bertz CT molecular complexity index is 778. The van der Waals surface area contributed by atoms with Gasteiger partial charge in [0.25, 0.3) is 0 Å². The molecule has 1 aromatic heterocycles. The highest BCUT2D eigenvalue weighted by Gasteiger charge is 2.05. The molecule has 1 heterocycles. The average Bonchev–Trinajstić information content (AvgIpc) is 2.96. The van der Waals surface area contributed by atoms with Gasteiger partial charge in [-0.2, -0.15) is 0 Å². The van der Waals surface area contributed by atoms with Crippen LogP contribution in [-0.2, 0) is 6.54 Å². The molecular weight excluding hydrogens is 304 g/mol. The molecule has 4 heteroatoms. The van der Waals surface area contributed by atoms with Crippen molar-refractivity contribution in [1.29, 1.82) is 0 Å². The molecule has 0 fully saturated rings. The molecule has 3 rings (SSSR count). The number of fused-ring (bicyclic) bond motifs is 1. The summed E-state index contributed by atoms with van der Waals surface area (Å²) < 4.78 is 6.69. The van der Waals surface area contributed by atoms with Gasteiger partial charge in [-0.05, 0) is 42.2 Å². The van der Waals surface area contributed by atoms with E-state index in [0.29, 0.717) is 12.5 Å². The lowest BCUT2D eigenvalue weighted by Gasteiger charge is -2.07. The summed E-state index contributed by atoms with van der Waals surface area (Å²) in [5, 5.41) is 4.36. The van der Waals surface area contributed by atoms with Gasteiger partial charge in [0, 0.05) is 6.54 Å². The van der Waals surface area contributed by atoms with E-state index in [-0.39, 0.29) is 0 Å². The number of benzene rings is 2. The van der Waals surface area contributed by atoms with Crippen molar-refractivity contribution in [3.8, 4) is 5.75 Å². The Morgan fingerprint density at radius 3 is 2.61 bits per heavy atom. The molecule has 0 radical (unpaired) electrons. The standard InChI is InChI=1S/C19H22N2OS/c1-4-22-16-9-10-17-18(11-16)23-19(21-17)20-12-14-5-7-15(8-6-14)13(2)3/h5-11,13H,4,12H2,1-3H3,(H,20,21). The largest absolute Gasteiger partial charge is 0.494 e. The van der Waals surface area contributed by atoms with Crippen LogP contribution in [0, 0.1) is 0 Å². The number of ether oxygens (including phenoxy) is 1. The maximum Gasteiger partial charge on any atom is 0.184 e. The van der Waals surface area contributed by atoms with Crippen molar-refractivity contribution in [2.24, 2.45) is 0 Å². The van der Waals surface area contributed by atoms with E-state index in [9.17, 15) is 0 Å². The summed E-state index contributed by atoms with van der Waals surface area (Å²) in [6, 6.07) is 14.8. The van der Waals surface area contributed by atoms with E-state index in [2.05, 4.69) is 54.5 Å². The van der Waals surface area contributed by atoms with Crippen LogP contribution in [0.5, 0.6) is 5.75 Å². The van der Waals surface area contributed by atoms with Crippen molar-refractivity contribution < 1.29 is 4.74 Å². The van der Waals surface area contributed by atoms with E-state index in [4.69, 9.17) is 4.74 Å². The highest BCUT2D eigenvalue weighted by atomic mass is 32.1. The van der Waals surface area contributed by atoms with Crippen LogP contribution >= 0.6 is 11.3 Å². The lowest BCUT2D eigenvalue weighted by atomic mass is 10.0. The molecule has 23 heavy (non-hydrogen) atoms. The fourth-order valence-electron chi connectivity index (χ4n) is 2.44. The van der Waals surface area contributed by atoms with Gasteiger partial charge in [-0.1, -0.05) is 49.4 Å². The van der Waals surface area contributed by atoms with Gasteiger partial charge in [-0.15, -0.1) is 0 Å². The van der Waals surface area contributed by atoms with Gasteiger partial charge in [0.15, 0.2) is 5.13 Å². The zero-order chi connectivity index (χ0) is 16.2. The molecule has 1 N–H and O–H groups in total. The number of nitrogens with one attached hydrogen (secondary N) is 1. The topological polar surface area (TPSA) is 34.1 Å². The number of nitrogens with zero attached hydrogens (tertiary/aromatic N) is 1. The van der Waals surface area contributed by atoms with E-state index in [1.54, 1.807) is 11.3 Å². The summed E-state index contributed by atoms with van der Waals surface area (Å²) in [5.41, 5.74) is 3.65.